The van der Waals surface area contributed by atoms with Crippen LogP contribution in [-0.4, -0.2) is 37.7 Å². The van der Waals surface area contributed by atoms with Gasteiger partial charge in [0, 0.05) is 24.2 Å². The van der Waals surface area contributed by atoms with Gasteiger partial charge in [-0.1, -0.05) is 30.3 Å². The van der Waals surface area contributed by atoms with Crippen molar-refractivity contribution in [3.63, 3.8) is 0 Å². The Morgan fingerprint density at radius 1 is 1.00 bits per heavy atom. The van der Waals surface area contributed by atoms with Crippen molar-refractivity contribution in [1.29, 1.82) is 0 Å². The minimum atomic E-state index is 0.0921. The van der Waals surface area contributed by atoms with Crippen LogP contribution in [0.3, 0.4) is 0 Å². The van der Waals surface area contributed by atoms with Gasteiger partial charge in [0.25, 0.3) is 0 Å². The van der Waals surface area contributed by atoms with Gasteiger partial charge in [0.1, 0.15) is 0 Å². The van der Waals surface area contributed by atoms with Crippen LogP contribution in [0.2, 0.25) is 0 Å². The van der Waals surface area contributed by atoms with E-state index in [9.17, 15) is 4.79 Å². The lowest BCUT2D eigenvalue weighted by Crippen LogP contribution is -2.36. The van der Waals surface area contributed by atoms with Crippen molar-refractivity contribution in [3.8, 4) is 0 Å². The average molecular weight is 314 g/mol. The summed E-state index contributed by atoms with van der Waals surface area (Å²) in [7, 11) is 3.79. The number of thioether (sulfide) groups is 1. The predicted octanol–water partition coefficient (Wildman–Crippen LogP) is 3.50. The maximum atomic E-state index is 12.3. The topological polar surface area (TPSA) is 23.6 Å². The summed E-state index contributed by atoms with van der Waals surface area (Å²) in [6.07, 6.45) is 2.07. The summed E-state index contributed by atoms with van der Waals surface area (Å²) in [5.74, 6) is 0.0921. The fourth-order valence-corrected chi connectivity index (χ4v) is 2.64. The molecule has 0 aliphatic carbocycles. The van der Waals surface area contributed by atoms with Crippen molar-refractivity contribution in [3.05, 3.63) is 60.2 Å². The molecule has 0 radical (unpaired) electrons. The maximum absolute atomic E-state index is 12.3. The second-order valence-corrected chi connectivity index (χ2v) is 6.19. The first-order chi connectivity index (χ1) is 10.6. The number of hydrogen-bond acceptors (Lipinski definition) is 3. The molecule has 0 saturated carbocycles. The molecule has 116 valence electrons. The van der Waals surface area contributed by atoms with E-state index in [4.69, 9.17) is 0 Å². The molecule has 0 spiro atoms. The van der Waals surface area contributed by atoms with E-state index in [2.05, 4.69) is 30.5 Å². The van der Waals surface area contributed by atoms with Gasteiger partial charge in [-0.05, 0) is 43.1 Å². The average Bonchev–Trinajstić information content (AvgIpc) is 2.55. The highest BCUT2D eigenvalue weighted by Gasteiger charge is 2.13. The molecule has 1 amide bonds. The Kier molecular flexibility index (Phi) is 6.04. The number of likely N-dealkylation sites (N-methyl/N-ethyl adjacent to an activating group) is 2. The van der Waals surface area contributed by atoms with E-state index in [0.29, 0.717) is 6.54 Å². The van der Waals surface area contributed by atoms with Gasteiger partial charge in [-0.15, -0.1) is 11.8 Å². The van der Waals surface area contributed by atoms with Crippen LogP contribution < -0.4 is 4.90 Å². The largest absolute Gasteiger partial charge is 0.314 e. The van der Waals surface area contributed by atoms with Crippen LogP contribution in [0.15, 0.2) is 59.5 Å². The van der Waals surface area contributed by atoms with Gasteiger partial charge in [-0.2, -0.15) is 0 Å². The normalized spacial score (nSPS) is 10.7. The molecule has 2 aromatic carbocycles. The molecule has 0 fully saturated rings. The third-order valence-electron chi connectivity index (χ3n) is 3.53. The standard InChI is InChI=1S/C18H22N2OS/c1-19(13-15-9-11-17(22-3)12-10-15)14-18(21)20(2)16-7-5-4-6-8-16/h4-12H,13-14H2,1-3H3. The predicted molar refractivity (Wildman–Crippen MR) is 94.4 cm³/mol. The van der Waals surface area contributed by atoms with E-state index in [1.165, 1.54) is 10.5 Å². The first-order valence-electron chi connectivity index (χ1n) is 7.23. The highest BCUT2D eigenvalue weighted by Crippen LogP contribution is 2.16. The van der Waals surface area contributed by atoms with E-state index < -0.39 is 0 Å². The molecule has 22 heavy (non-hydrogen) atoms. The Morgan fingerprint density at radius 2 is 1.64 bits per heavy atom. The zero-order chi connectivity index (χ0) is 15.9. The molecule has 0 aliphatic heterocycles. The third kappa shape index (κ3) is 4.61. The summed E-state index contributed by atoms with van der Waals surface area (Å²) >= 11 is 1.73. The summed E-state index contributed by atoms with van der Waals surface area (Å²) < 4.78 is 0. The molecular weight excluding hydrogens is 292 g/mol. The Labute approximate surface area is 136 Å². The first kappa shape index (κ1) is 16.6. The van der Waals surface area contributed by atoms with E-state index in [0.717, 1.165) is 12.2 Å². The highest BCUT2D eigenvalue weighted by atomic mass is 32.2. The Morgan fingerprint density at radius 3 is 2.23 bits per heavy atom. The number of hydrogen-bond donors (Lipinski definition) is 0. The fourth-order valence-electron chi connectivity index (χ4n) is 2.23. The van der Waals surface area contributed by atoms with E-state index in [1.54, 1.807) is 16.7 Å². The molecule has 0 N–H and O–H groups in total. The smallest absolute Gasteiger partial charge is 0.240 e. The van der Waals surface area contributed by atoms with Crippen LogP contribution in [-0.2, 0) is 11.3 Å². The number of carbonyl (C=O) groups is 1. The summed E-state index contributed by atoms with van der Waals surface area (Å²) in [5.41, 5.74) is 2.14. The van der Waals surface area contributed by atoms with Crippen molar-refractivity contribution < 1.29 is 4.79 Å². The number of rotatable bonds is 6. The number of carbonyl (C=O) groups excluding carboxylic acids is 1. The second-order valence-electron chi connectivity index (χ2n) is 5.31. The van der Waals surface area contributed by atoms with Crippen LogP contribution >= 0.6 is 11.8 Å². The third-order valence-corrected chi connectivity index (χ3v) is 4.28. The van der Waals surface area contributed by atoms with Crippen LogP contribution in [0.25, 0.3) is 0 Å². The van der Waals surface area contributed by atoms with Crippen LogP contribution in [0.4, 0.5) is 5.69 Å². The van der Waals surface area contributed by atoms with Crippen molar-refractivity contribution in [1.82, 2.24) is 4.90 Å². The zero-order valence-electron chi connectivity index (χ0n) is 13.3. The minimum absolute atomic E-state index is 0.0921. The maximum Gasteiger partial charge on any atom is 0.240 e. The molecule has 0 saturated heterocycles. The molecule has 0 heterocycles. The van der Waals surface area contributed by atoms with Gasteiger partial charge in [-0.25, -0.2) is 0 Å². The minimum Gasteiger partial charge on any atom is -0.314 e. The molecule has 3 nitrogen and oxygen atoms in total. The van der Waals surface area contributed by atoms with Gasteiger partial charge < -0.3 is 4.90 Å². The van der Waals surface area contributed by atoms with Gasteiger partial charge in [0.15, 0.2) is 0 Å². The summed E-state index contributed by atoms with van der Waals surface area (Å²) in [4.78, 5) is 17.3. The second kappa shape index (κ2) is 8.01. The SMILES string of the molecule is CSc1ccc(CN(C)CC(=O)N(C)c2ccccc2)cc1. The van der Waals surface area contributed by atoms with Crippen LogP contribution in [0.1, 0.15) is 5.56 Å². The molecule has 0 atom stereocenters. The van der Waals surface area contributed by atoms with Gasteiger partial charge >= 0.3 is 0 Å². The molecule has 0 unspecified atom stereocenters. The Balaban J connectivity index is 1.90. The van der Waals surface area contributed by atoms with E-state index >= 15 is 0 Å². The van der Waals surface area contributed by atoms with Crippen molar-refractivity contribution in [2.45, 2.75) is 11.4 Å². The zero-order valence-corrected chi connectivity index (χ0v) is 14.1. The van der Waals surface area contributed by atoms with Crippen molar-refractivity contribution in [2.24, 2.45) is 0 Å². The first-order valence-corrected chi connectivity index (χ1v) is 8.45. The molecule has 4 heteroatoms. The monoisotopic (exact) mass is 314 g/mol. The molecule has 0 aliphatic rings. The molecular formula is C18H22N2OS. The van der Waals surface area contributed by atoms with Gasteiger partial charge in [0.2, 0.25) is 5.91 Å². The van der Waals surface area contributed by atoms with Crippen molar-refractivity contribution in [2.75, 3.05) is 31.8 Å². The van der Waals surface area contributed by atoms with Crippen LogP contribution in [0.5, 0.6) is 0 Å². The molecule has 0 aromatic heterocycles. The number of nitrogens with zero attached hydrogens (tertiary/aromatic N) is 2. The number of benzene rings is 2. The molecule has 0 bridgehead atoms. The lowest BCUT2D eigenvalue weighted by molar-refractivity contribution is -0.119. The van der Waals surface area contributed by atoms with Gasteiger partial charge in [0.05, 0.1) is 6.54 Å². The van der Waals surface area contributed by atoms with Crippen LogP contribution in [0, 0.1) is 0 Å². The quantitative estimate of drug-likeness (QED) is 0.762. The number of anilines is 1. The Bertz CT molecular complexity index is 598. The Hall–Kier alpha value is -1.78. The summed E-state index contributed by atoms with van der Waals surface area (Å²) in [6, 6.07) is 18.2. The summed E-state index contributed by atoms with van der Waals surface area (Å²) in [6.45, 7) is 1.17. The lowest BCUT2D eigenvalue weighted by Gasteiger charge is -2.22. The summed E-state index contributed by atoms with van der Waals surface area (Å²) in [5, 5.41) is 0. The molecule has 2 aromatic rings. The van der Waals surface area contributed by atoms with Gasteiger partial charge in [-0.3, -0.25) is 9.69 Å². The molecule has 2 rings (SSSR count). The number of amides is 1. The highest BCUT2D eigenvalue weighted by molar-refractivity contribution is 7.98. The lowest BCUT2D eigenvalue weighted by atomic mass is 10.2. The van der Waals surface area contributed by atoms with E-state index in [1.807, 2.05) is 49.3 Å². The van der Waals surface area contributed by atoms with Crippen molar-refractivity contribution >= 4 is 23.4 Å². The number of para-hydroxylation sites is 1. The fraction of sp³-hybridized carbons (Fsp3) is 0.278. The van der Waals surface area contributed by atoms with E-state index in [-0.39, 0.29) is 5.91 Å².